The van der Waals surface area contributed by atoms with Crippen molar-refractivity contribution < 1.29 is 4.79 Å². The van der Waals surface area contributed by atoms with Gasteiger partial charge in [-0.2, -0.15) is 5.10 Å². The molecule has 7 heteroatoms. The molecule has 2 N–H and O–H groups in total. The Hall–Kier alpha value is -2.44. The predicted molar refractivity (Wildman–Crippen MR) is 56.0 cm³/mol. The molecule has 2 aromatic heterocycles. The number of aryl methyl sites for hydroxylation is 1. The molecular formula is C9H9N5O2. The summed E-state index contributed by atoms with van der Waals surface area (Å²) in [6, 6.07) is 1.66. The average Bonchev–Trinajstić information content (AvgIpc) is 2.65. The molecule has 0 spiro atoms. The summed E-state index contributed by atoms with van der Waals surface area (Å²) in [6.45, 7) is 0. The van der Waals surface area contributed by atoms with E-state index in [1.54, 1.807) is 19.3 Å². The number of rotatable bonds is 2. The van der Waals surface area contributed by atoms with E-state index in [0.29, 0.717) is 5.82 Å². The fraction of sp³-hybridized carbons (Fsp3) is 0.111. The molecule has 0 bridgehead atoms. The van der Waals surface area contributed by atoms with E-state index < -0.39 is 5.91 Å². The van der Waals surface area contributed by atoms with E-state index in [0.717, 1.165) is 6.20 Å². The summed E-state index contributed by atoms with van der Waals surface area (Å²) in [5.74, 6) is 0.151. The second kappa shape index (κ2) is 3.97. The normalized spacial score (nSPS) is 10.1. The lowest BCUT2D eigenvalue weighted by atomic mass is 10.4. The van der Waals surface area contributed by atoms with Gasteiger partial charge in [-0.1, -0.05) is 0 Å². The first kappa shape index (κ1) is 10.1. The standard InChI is InChI=1S/C9H9N5O2/c1-14-7(2-3-12-14)13-9(16)6-4-11-8(15)5-10-6/h2-5H,1H3,(H,11,15)(H,13,16). The van der Waals surface area contributed by atoms with Gasteiger partial charge >= 0.3 is 0 Å². The second-order valence-electron chi connectivity index (χ2n) is 3.09. The van der Waals surface area contributed by atoms with Crippen molar-refractivity contribution in [1.82, 2.24) is 19.7 Å². The zero-order valence-corrected chi connectivity index (χ0v) is 8.47. The summed E-state index contributed by atoms with van der Waals surface area (Å²) in [6.07, 6.45) is 3.88. The molecule has 0 unspecified atom stereocenters. The Balaban J connectivity index is 2.18. The molecule has 0 aliphatic rings. The van der Waals surface area contributed by atoms with Crippen LogP contribution in [0.2, 0.25) is 0 Å². The van der Waals surface area contributed by atoms with Crippen molar-refractivity contribution in [2.24, 2.45) is 7.05 Å². The molecule has 0 saturated carbocycles. The lowest BCUT2D eigenvalue weighted by Crippen LogP contribution is -2.18. The summed E-state index contributed by atoms with van der Waals surface area (Å²) >= 11 is 0. The number of carbonyl (C=O) groups is 1. The number of amides is 1. The van der Waals surface area contributed by atoms with Gasteiger partial charge < -0.3 is 10.3 Å². The summed E-state index contributed by atoms with van der Waals surface area (Å²) < 4.78 is 1.52. The van der Waals surface area contributed by atoms with Gasteiger partial charge in [0, 0.05) is 19.3 Å². The number of aromatic nitrogens is 4. The first-order chi connectivity index (χ1) is 7.66. The Labute approximate surface area is 90.1 Å². The number of H-pyrrole nitrogens is 1. The maximum Gasteiger partial charge on any atom is 0.276 e. The second-order valence-corrected chi connectivity index (χ2v) is 3.09. The fourth-order valence-corrected chi connectivity index (χ4v) is 1.14. The summed E-state index contributed by atoms with van der Waals surface area (Å²) in [5.41, 5.74) is -0.210. The number of hydrogen-bond donors (Lipinski definition) is 2. The first-order valence-corrected chi connectivity index (χ1v) is 4.51. The number of nitrogens with one attached hydrogen (secondary N) is 2. The van der Waals surface area contributed by atoms with Crippen LogP contribution in [0.3, 0.4) is 0 Å². The molecule has 2 heterocycles. The van der Waals surface area contributed by atoms with E-state index in [1.165, 1.54) is 10.9 Å². The van der Waals surface area contributed by atoms with E-state index in [1.807, 2.05) is 0 Å². The van der Waals surface area contributed by atoms with Crippen LogP contribution in [0.25, 0.3) is 0 Å². The maximum absolute atomic E-state index is 11.6. The van der Waals surface area contributed by atoms with E-state index in [9.17, 15) is 9.59 Å². The van der Waals surface area contributed by atoms with Crippen LogP contribution in [0.1, 0.15) is 10.5 Å². The summed E-state index contributed by atoms with van der Waals surface area (Å²) in [4.78, 5) is 28.5. The number of anilines is 1. The third kappa shape index (κ3) is 1.97. The number of nitrogens with zero attached hydrogens (tertiary/aromatic N) is 3. The topological polar surface area (TPSA) is 92.7 Å². The van der Waals surface area contributed by atoms with Gasteiger partial charge in [-0.05, 0) is 0 Å². The molecule has 0 fully saturated rings. The molecule has 2 aromatic rings. The monoisotopic (exact) mass is 219 g/mol. The molecule has 0 atom stereocenters. The fourth-order valence-electron chi connectivity index (χ4n) is 1.14. The van der Waals surface area contributed by atoms with Crippen molar-refractivity contribution in [2.75, 3.05) is 5.32 Å². The quantitative estimate of drug-likeness (QED) is 0.728. The van der Waals surface area contributed by atoms with Gasteiger partial charge in [0.15, 0.2) is 0 Å². The van der Waals surface area contributed by atoms with Gasteiger partial charge in [-0.25, -0.2) is 4.98 Å². The van der Waals surface area contributed by atoms with Crippen LogP contribution in [-0.4, -0.2) is 25.7 Å². The van der Waals surface area contributed by atoms with Crippen molar-refractivity contribution in [2.45, 2.75) is 0 Å². The van der Waals surface area contributed by atoms with E-state index >= 15 is 0 Å². The average molecular weight is 219 g/mol. The molecular weight excluding hydrogens is 210 g/mol. The largest absolute Gasteiger partial charge is 0.325 e. The molecule has 2 rings (SSSR count). The number of hydrogen-bond acceptors (Lipinski definition) is 4. The highest BCUT2D eigenvalue weighted by Crippen LogP contribution is 2.04. The highest BCUT2D eigenvalue weighted by atomic mass is 16.2. The van der Waals surface area contributed by atoms with Gasteiger partial charge in [0.05, 0.1) is 12.4 Å². The zero-order valence-electron chi connectivity index (χ0n) is 8.47. The van der Waals surface area contributed by atoms with E-state index in [2.05, 4.69) is 20.4 Å². The Kier molecular flexibility index (Phi) is 2.50. The van der Waals surface area contributed by atoms with E-state index in [-0.39, 0.29) is 11.3 Å². The molecule has 7 nitrogen and oxygen atoms in total. The van der Waals surface area contributed by atoms with Crippen molar-refractivity contribution in [3.05, 3.63) is 40.7 Å². The Morgan fingerprint density at radius 1 is 1.56 bits per heavy atom. The molecule has 0 aliphatic carbocycles. The lowest BCUT2D eigenvalue weighted by Gasteiger charge is -2.03. The predicted octanol–water partition coefficient (Wildman–Crippen LogP) is -0.244. The van der Waals surface area contributed by atoms with Crippen LogP contribution in [0.4, 0.5) is 5.82 Å². The van der Waals surface area contributed by atoms with Gasteiger partial charge in [0.25, 0.3) is 11.5 Å². The van der Waals surface area contributed by atoms with E-state index in [4.69, 9.17) is 0 Å². The zero-order chi connectivity index (χ0) is 11.5. The molecule has 16 heavy (non-hydrogen) atoms. The molecule has 0 aliphatic heterocycles. The summed E-state index contributed by atoms with van der Waals surface area (Å²) in [5, 5.41) is 6.50. The van der Waals surface area contributed by atoms with Crippen molar-refractivity contribution in [3.8, 4) is 0 Å². The summed E-state index contributed by atoms with van der Waals surface area (Å²) in [7, 11) is 1.70. The van der Waals surface area contributed by atoms with Crippen LogP contribution in [0.5, 0.6) is 0 Å². The lowest BCUT2D eigenvalue weighted by molar-refractivity contribution is 0.102. The van der Waals surface area contributed by atoms with Crippen molar-refractivity contribution >= 4 is 11.7 Å². The van der Waals surface area contributed by atoms with Crippen LogP contribution in [0.15, 0.2) is 29.5 Å². The Bertz CT molecular complexity index is 551. The van der Waals surface area contributed by atoms with Crippen molar-refractivity contribution in [1.29, 1.82) is 0 Å². The molecule has 0 aromatic carbocycles. The van der Waals surface area contributed by atoms with Crippen LogP contribution in [0, 0.1) is 0 Å². The van der Waals surface area contributed by atoms with Crippen molar-refractivity contribution in [3.63, 3.8) is 0 Å². The maximum atomic E-state index is 11.6. The highest BCUT2D eigenvalue weighted by Gasteiger charge is 2.09. The Morgan fingerprint density at radius 3 is 2.94 bits per heavy atom. The van der Waals surface area contributed by atoms with Crippen LogP contribution < -0.4 is 10.9 Å². The highest BCUT2D eigenvalue weighted by molar-refractivity contribution is 6.02. The number of carbonyl (C=O) groups excluding carboxylic acids is 1. The molecule has 0 saturated heterocycles. The first-order valence-electron chi connectivity index (χ1n) is 4.51. The van der Waals surface area contributed by atoms with Gasteiger partial charge in [0.1, 0.15) is 11.5 Å². The number of aromatic amines is 1. The SMILES string of the molecule is Cn1nccc1NC(=O)c1c[nH]c(=O)cn1. The molecule has 82 valence electrons. The van der Waals surface area contributed by atoms with Gasteiger partial charge in [-0.3, -0.25) is 14.3 Å². The van der Waals surface area contributed by atoms with Crippen LogP contribution in [-0.2, 0) is 7.05 Å². The third-order valence-electron chi connectivity index (χ3n) is 1.97. The molecule has 1 amide bonds. The van der Waals surface area contributed by atoms with Gasteiger partial charge in [0.2, 0.25) is 0 Å². The van der Waals surface area contributed by atoms with Crippen LogP contribution >= 0.6 is 0 Å². The minimum Gasteiger partial charge on any atom is -0.325 e. The molecule has 0 radical (unpaired) electrons. The van der Waals surface area contributed by atoms with Gasteiger partial charge in [-0.15, -0.1) is 0 Å². The smallest absolute Gasteiger partial charge is 0.276 e. The third-order valence-corrected chi connectivity index (χ3v) is 1.97. The minimum absolute atomic E-state index is 0.140. The minimum atomic E-state index is -0.403. The Morgan fingerprint density at radius 2 is 2.38 bits per heavy atom.